The van der Waals surface area contributed by atoms with Gasteiger partial charge in [-0.2, -0.15) is 0 Å². The molecule has 3 amide bonds. The second-order valence-electron chi connectivity index (χ2n) is 15.9. The number of carbonyl (C=O) groups excluding carboxylic acids is 3. The van der Waals surface area contributed by atoms with E-state index in [0.29, 0.717) is 49.4 Å². The molecule has 2 aromatic carbocycles. The SMILES string of the molecule is CCCCN=C(N)CCCNC(=O)[C@H](CC(C)C)NC(=O)CNC(=O)[C@]1(c2ccccc2)C[C@@H]1CN1CC[C@@]2(C)c3cc(O)ccc3C[C@@H]1[C@H]2C. The lowest BCUT2D eigenvalue weighted by Crippen LogP contribution is -2.58. The minimum atomic E-state index is -0.708. The quantitative estimate of drug-likeness (QED) is 0.0928. The number of likely N-dealkylation sites (tertiary alicyclic amines) is 1. The summed E-state index contributed by atoms with van der Waals surface area (Å²) in [5, 5.41) is 19.0. The zero-order valence-electron chi connectivity index (χ0n) is 31.3. The second-order valence-corrected chi connectivity index (χ2v) is 15.9. The summed E-state index contributed by atoms with van der Waals surface area (Å²) in [5.74, 6) is 0.874. The molecule has 1 heterocycles. The third-order valence-electron chi connectivity index (χ3n) is 11.9. The Labute approximate surface area is 304 Å². The summed E-state index contributed by atoms with van der Waals surface area (Å²) >= 11 is 0. The molecule has 278 valence electrons. The van der Waals surface area contributed by atoms with Gasteiger partial charge in [0.05, 0.1) is 17.8 Å². The van der Waals surface area contributed by atoms with Crippen molar-refractivity contribution in [2.45, 2.75) is 109 Å². The largest absolute Gasteiger partial charge is 0.508 e. The smallest absolute Gasteiger partial charge is 0.242 e. The van der Waals surface area contributed by atoms with Crippen molar-refractivity contribution in [2.24, 2.45) is 28.5 Å². The number of nitrogens with one attached hydrogen (secondary N) is 3. The lowest BCUT2D eigenvalue weighted by Gasteiger charge is -2.55. The number of aromatic hydroxyl groups is 1. The lowest BCUT2D eigenvalue weighted by atomic mass is 9.59. The van der Waals surface area contributed by atoms with Crippen LogP contribution in [-0.2, 0) is 31.6 Å². The van der Waals surface area contributed by atoms with Crippen LogP contribution in [0.3, 0.4) is 0 Å². The maximum Gasteiger partial charge on any atom is 0.242 e. The molecule has 6 N–H and O–H groups in total. The Bertz CT molecular complexity index is 1560. The predicted molar refractivity (Wildman–Crippen MR) is 203 cm³/mol. The van der Waals surface area contributed by atoms with Gasteiger partial charge in [0.15, 0.2) is 0 Å². The van der Waals surface area contributed by atoms with Crippen molar-refractivity contribution in [3.05, 3.63) is 65.2 Å². The molecule has 51 heavy (non-hydrogen) atoms. The van der Waals surface area contributed by atoms with E-state index in [1.54, 1.807) is 6.07 Å². The van der Waals surface area contributed by atoms with Crippen LogP contribution in [0.1, 0.15) is 96.3 Å². The van der Waals surface area contributed by atoms with E-state index in [-0.39, 0.29) is 41.5 Å². The van der Waals surface area contributed by atoms with Crippen LogP contribution >= 0.6 is 0 Å². The Morgan fingerprint density at radius 3 is 2.59 bits per heavy atom. The molecular weight excluding hydrogens is 640 g/mol. The van der Waals surface area contributed by atoms with Gasteiger partial charge in [0, 0.05) is 32.1 Å². The van der Waals surface area contributed by atoms with Crippen molar-refractivity contribution >= 4 is 23.6 Å². The molecular formula is C41H60N6O4. The zero-order valence-corrected chi connectivity index (χ0v) is 31.3. The van der Waals surface area contributed by atoms with Gasteiger partial charge in [0.1, 0.15) is 11.8 Å². The maximum atomic E-state index is 14.1. The number of hydrogen-bond acceptors (Lipinski definition) is 6. The van der Waals surface area contributed by atoms with E-state index in [0.717, 1.165) is 57.3 Å². The van der Waals surface area contributed by atoms with Crippen molar-refractivity contribution in [3.63, 3.8) is 0 Å². The number of amidine groups is 1. The summed E-state index contributed by atoms with van der Waals surface area (Å²) in [6, 6.07) is 15.4. The zero-order chi connectivity index (χ0) is 36.8. The van der Waals surface area contributed by atoms with Crippen LogP contribution in [0.5, 0.6) is 5.75 Å². The van der Waals surface area contributed by atoms with E-state index >= 15 is 0 Å². The van der Waals surface area contributed by atoms with Crippen molar-refractivity contribution in [1.82, 2.24) is 20.9 Å². The normalized spacial score (nSPS) is 26.2. The maximum absolute atomic E-state index is 14.1. The average molecular weight is 701 g/mol. The number of rotatable bonds is 17. The molecule has 10 heteroatoms. The van der Waals surface area contributed by atoms with Crippen LogP contribution in [0.4, 0.5) is 0 Å². The number of hydrogen-bond donors (Lipinski definition) is 5. The predicted octanol–water partition coefficient (Wildman–Crippen LogP) is 4.58. The highest BCUT2D eigenvalue weighted by Gasteiger charge is 2.62. The lowest BCUT2D eigenvalue weighted by molar-refractivity contribution is -0.130. The van der Waals surface area contributed by atoms with Gasteiger partial charge in [-0.25, -0.2) is 0 Å². The van der Waals surface area contributed by atoms with Crippen molar-refractivity contribution in [3.8, 4) is 5.75 Å². The number of unbranched alkanes of at least 4 members (excludes halogenated alkanes) is 1. The highest BCUT2D eigenvalue weighted by Crippen LogP contribution is 2.56. The topological polar surface area (TPSA) is 149 Å². The Hall–Kier alpha value is -3.92. The molecule has 2 aromatic rings. The summed E-state index contributed by atoms with van der Waals surface area (Å²) in [7, 11) is 0. The van der Waals surface area contributed by atoms with E-state index in [1.165, 1.54) is 11.1 Å². The number of aliphatic imine (C=N–C) groups is 1. The van der Waals surface area contributed by atoms with E-state index < -0.39 is 11.5 Å². The van der Waals surface area contributed by atoms with Crippen LogP contribution < -0.4 is 21.7 Å². The first-order valence-corrected chi connectivity index (χ1v) is 19.1. The fraction of sp³-hybridized carbons (Fsp3) is 0.610. The van der Waals surface area contributed by atoms with Gasteiger partial charge in [-0.15, -0.1) is 0 Å². The number of nitrogens with zero attached hydrogens (tertiary/aromatic N) is 2. The highest BCUT2D eigenvalue weighted by molar-refractivity contribution is 5.95. The highest BCUT2D eigenvalue weighted by atomic mass is 16.3. The summed E-state index contributed by atoms with van der Waals surface area (Å²) in [6.07, 6.45) is 6.47. The summed E-state index contributed by atoms with van der Waals surface area (Å²) < 4.78 is 0. The Morgan fingerprint density at radius 1 is 1.10 bits per heavy atom. The standard InChI is InChI=1S/C41H60N6O4/c1-6-7-18-43-36(42)14-11-19-44-38(50)34(21-27(2)3)46-37(49)25-45-39(51)41(30-12-9-8-10-13-30)24-31(41)26-47-20-17-40(5)28(4)35(47)22-29-15-16-32(48)23-33(29)40/h8-10,12-13,15-16,23,27-28,31,34-35,48H,6-7,11,14,17-22,24-26H2,1-5H3,(H2,42,43)(H,44,50)(H,45,51)(H,46,49)/t28-,31-,34+,35-,40-,41+/m1/s1. The number of benzene rings is 2. The van der Waals surface area contributed by atoms with E-state index in [9.17, 15) is 19.5 Å². The minimum absolute atomic E-state index is 0.000656. The first kappa shape index (κ1) is 38.3. The molecule has 6 atom stereocenters. The molecule has 5 rings (SSSR count). The van der Waals surface area contributed by atoms with Gasteiger partial charge in [-0.1, -0.05) is 77.4 Å². The third-order valence-corrected chi connectivity index (χ3v) is 11.9. The molecule has 1 aliphatic heterocycles. The van der Waals surface area contributed by atoms with E-state index in [1.807, 2.05) is 50.2 Å². The van der Waals surface area contributed by atoms with E-state index in [2.05, 4.69) is 52.7 Å². The van der Waals surface area contributed by atoms with Crippen LogP contribution in [0.2, 0.25) is 0 Å². The second kappa shape index (κ2) is 16.6. The van der Waals surface area contributed by atoms with Gasteiger partial charge in [-0.05, 0) is 97.1 Å². The fourth-order valence-electron chi connectivity index (χ4n) is 8.58. The molecule has 1 saturated heterocycles. The van der Waals surface area contributed by atoms with Crippen LogP contribution in [-0.4, -0.2) is 78.4 Å². The number of piperidine rings is 1. The van der Waals surface area contributed by atoms with Crippen LogP contribution in [0, 0.1) is 17.8 Å². The van der Waals surface area contributed by atoms with Gasteiger partial charge in [-0.3, -0.25) is 24.3 Å². The van der Waals surface area contributed by atoms with Gasteiger partial charge in [0.25, 0.3) is 0 Å². The number of amides is 3. The molecule has 1 saturated carbocycles. The Balaban J connectivity index is 1.19. The fourth-order valence-corrected chi connectivity index (χ4v) is 8.58. The van der Waals surface area contributed by atoms with Crippen molar-refractivity contribution in [1.29, 1.82) is 0 Å². The van der Waals surface area contributed by atoms with Crippen LogP contribution in [0.25, 0.3) is 0 Å². The Kier molecular flexibility index (Phi) is 12.5. The number of fused-ring (bicyclic) bond motifs is 4. The van der Waals surface area contributed by atoms with Gasteiger partial charge >= 0.3 is 0 Å². The molecule has 2 bridgehead atoms. The van der Waals surface area contributed by atoms with Crippen LogP contribution in [0.15, 0.2) is 53.5 Å². The van der Waals surface area contributed by atoms with E-state index in [4.69, 9.17) is 5.73 Å². The molecule has 10 nitrogen and oxygen atoms in total. The van der Waals surface area contributed by atoms with Crippen molar-refractivity contribution < 1.29 is 19.5 Å². The van der Waals surface area contributed by atoms with Gasteiger partial charge in [0.2, 0.25) is 17.7 Å². The number of phenolic OH excluding ortho intramolecular Hbond substituents is 1. The molecule has 3 aliphatic rings. The summed E-state index contributed by atoms with van der Waals surface area (Å²) in [6.45, 7) is 13.5. The molecule has 2 fully saturated rings. The molecule has 0 radical (unpaired) electrons. The molecule has 0 unspecified atom stereocenters. The molecule has 2 aliphatic carbocycles. The summed E-state index contributed by atoms with van der Waals surface area (Å²) in [5.41, 5.74) is 8.84. The monoisotopic (exact) mass is 700 g/mol. The number of carbonyl (C=O) groups is 3. The third kappa shape index (κ3) is 8.76. The molecule has 0 spiro atoms. The minimum Gasteiger partial charge on any atom is -0.508 e. The Morgan fingerprint density at radius 2 is 1.86 bits per heavy atom. The average Bonchev–Trinajstić information content (AvgIpc) is 3.83. The number of phenols is 1. The first-order chi connectivity index (χ1) is 24.4. The van der Waals surface area contributed by atoms with Crippen molar-refractivity contribution in [2.75, 3.05) is 32.7 Å². The molecule has 0 aromatic heterocycles. The number of nitrogens with two attached hydrogens (primary N) is 1. The van der Waals surface area contributed by atoms with Gasteiger partial charge < -0.3 is 26.8 Å². The first-order valence-electron chi connectivity index (χ1n) is 19.1. The summed E-state index contributed by atoms with van der Waals surface area (Å²) in [4.78, 5) is 47.4.